The minimum Gasteiger partial charge on any atom is -0.278 e. The van der Waals surface area contributed by atoms with Crippen LogP contribution in [0.2, 0.25) is 5.02 Å². The molecule has 0 N–H and O–H groups in total. The number of hydrogen-bond donors (Lipinski definition) is 0. The molecule has 0 spiro atoms. The first-order valence-corrected chi connectivity index (χ1v) is 9.83. The highest BCUT2D eigenvalue weighted by Gasteiger charge is 2.33. The number of hydrogen-bond acceptors (Lipinski definition) is 6. The molecule has 1 aliphatic heterocycles. The molecule has 0 saturated carbocycles. The number of rotatable bonds is 3. The monoisotopic (exact) mass is 401 g/mol. The highest BCUT2D eigenvalue weighted by atomic mass is 35.5. The lowest BCUT2D eigenvalue weighted by molar-refractivity contribution is -0.127. The molecule has 0 aliphatic carbocycles. The van der Waals surface area contributed by atoms with Crippen LogP contribution in [0.25, 0.3) is 5.78 Å². The predicted molar refractivity (Wildman–Crippen MR) is 102 cm³/mol. The van der Waals surface area contributed by atoms with Gasteiger partial charge in [0.25, 0.3) is 11.7 Å². The molecular weight excluding hydrogens is 386 g/mol. The van der Waals surface area contributed by atoms with Gasteiger partial charge in [0, 0.05) is 29.5 Å². The first-order chi connectivity index (χ1) is 13.1. The molecule has 2 aromatic heterocycles. The molecule has 27 heavy (non-hydrogen) atoms. The summed E-state index contributed by atoms with van der Waals surface area (Å²) >= 11 is 7.17. The Bertz CT molecular complexity index is 958. The van der Waals surface area contributed by atoms with Gasteiger partial charge in [0.15, 0.2) is 0 Å². The fourth-order valence-corrected chi connectivity index (χ4v) is 4.12. The van der Waals surface area contributed by atoms with Crippen molar-refractivity contribution in [1.29, 1.82) is 0 Å². The molecule has 1 fully saturated rings. The number of benzene rings is 1. The second kappa shape index (κ2) is 7.66. The van der Waals surface area contributed by atoms with Crippen molar-refractivity contribution in [2.24, 2.45) is 0 Å². The van der Waals surface area contributed by atoms with E-state index in [0.717, 1.165) is 12.8 Å². The van der Waals surface area contributed by atoms with E-state index >= 15 is 0 Å². The van der Waals surface area contributed by atoms with Crippen LogP contribution < -0.4 is 0 Å². The van der Waals surface area contributed by atoms with E-state index in [1.54, 1.807) is 47.2 Å². The zero-order valence-corrected chi connectivity index (χ0v) is 15.9. The molecule has 0 bridgehead atoms. The summed E-state index contributed by atoms with van der Waals surface area (Å²) in [6.45, 7) is 0.414. The van der Waals surface area contributed by atoms with E-state index < -0.39 is 5.25 Å². The highest BCUT2D eigenvalue weighted by Crippen LogP contribution is 2.29. The van der Waals surface area contributed by atoms with E-state index in [9.17, 15) is 9.59 Å². The Morgan fingerprint density at radius 2 is 2.04 bits per heavy atom. The van der Waals surface area contributed by atoms with Gasteiger partial charge in [0.1, 0.15) is 0 Å². The molecule has 7 nitrogen and oxygen atoms in total. The third kappa shape index (κ3) is 3.81. The summed E-state index contributed by atoms with van der Waals surface area (Å²) in [7, 11) is 0. The molecule has 3 aromatic rings. The topological polar surface area (TPSA) is 80.5 Å². The van der Waals surface area contributed by atoms with Gasteiger partial charge in [0.05, 0.1) is 5.25 Å². The molecule has 0 unspecified atom stereocenters. The summed E-state index contributed by atoms with van der Waals surface area (Å²) < 4.78 is 1.57. The Kier molecular flexibility index (Phi) is 5.09. The fourth-order valence-electron chi connectivity index (χ4n) is 2.96. The molecule has 1 aromatic carbocycles. The van der Waals surface area contributed by atoms with Crippen LogP contribution in [-0.2, 0) is 4.79 Å². The molecule has 9 heteroatoms. The van der Waals surface area contributed by atoms with E-state index in [-0.39, 0.29) is 11.8 Å². The van der Waals surface area contributed by atoms with Crippen LogP contribution in [0.3, 0.4) is 0 Å². The van der Waals surface area contributed by atoms with Crippen molar-refractivity contribution in [3.8, 4) is 0 Å². The third-order valence-corrected chi connectivity index (χ3v) is 5.68. The molecule has 4 rings (SSSR count). The maximum Gasteiger partial charge on any atom is 0.260 e. The third-order valence-electron chi connectivity index (χ3n) is 4.32. The normalized spacial score (nSPS) is 17.9. The van der Waals surface area contributed by atoms with Gasteiger partial charge in [-0.25, -0.2) is 9.50 Å². The summed E-state index contributed by atoms with van der Waals surface area (Å²) in [5.41, 5.74) is 0.452. The summed E-state index contributed by atoms with van der Waals surface area (Å²) in [4.78, 5) is 35.7. The molecule has 2 amide bonds. The largest absolute Gasteiger partial charge is 0.278 e. The van der Waals surface area contributed by atoms with Crippen molar-refractivity contribution in [2.75, 3.05) is 6.54 Å². The SMILES string of the molecule is O=C(c1ccc(Cl)cc1)N1CCCC[C@H](Sc2nc3ncccn3n2)C1=O. The molecule has 1 atom stereocenters. The van der Waals surface area contributed by atoms with Gasteiger partial charge < -0.3 is 0 Å². The average molecular weight is 402 g/mol. The number of thioether (sulfide) groups is 1. The van der Waals surface area contributed by atoms with Crippen LogP contribution in [0.1, 0.15) is 29.6 Å². The zero-order valence-electron chi connectivity index (χ0n) is 14.3. The van der Waals surface area contributed by atoms with Crippen molar-refractivity contribution in [3.05, 3.63) is 53.3 Å². The number of imide groups is 1. The Morgan fingerprint density at radius 1 is 1.22 bits per heavy atom. The molecule has 0 radical (unpaired) electrons. The first kappa shape index (κ1) is 17.9. The lowest BCUT2D eigenvalue weighted by Gasteiger charge is -2.21. The van der Waals surface area contributed by atoms with Crippen LogP contribution in [0, 0.1) is 0 Å². The van der Waals surface area contributed by atoms with E-state index in [1.165, 1.54) is 16.7 Å². The van der Waals surface area contributed by atoms with Crippen molar-refractivity contribution in [3.63, 3.8) is 0 Å². The predicted octanol–water partition coefficient (Wildman–Crippen LogP) is 3.09. The quantitative estimate of drug-likeness (QED) is 0.627. The van der Waals surface area contributed by atoms with Crippen LogP contribution in [0.5, 0.6) is 0 Å². The average Bonchev–Trinajstić information content (AvgIpc) is 3.00. The molecular formula is C18H16ClN5O2S. The van der Waals surface area contributed by atoms with Crippen LogP contribution in [0.15, 0.2) is 47.9 Å². The summed E-state index contributed by atoms with van der Waals surface area (Å²) in [6.07, 6.45) is 5.71. The molecule has 1 aliphatic rings. The zero-order chi connectivity index (χ0) is 18.8. The van der Waals surface area contributed by atoms with Crippen LogP contribution in [0.4, 0.5) is 0 Å². The minimum atomic E-state index is -0.402. The number of halogens is 1. The second-order valence-electron chi connectivity index (χ2n) is 6.16. The van der Waals surface area contributed by atoms with E-state index in [0.29, 0.717) is 34.5 Å². The number of carbonyl (C=O) groups is 2. The molecule has 3 heterocycles. The Balaban J connectivity index is 1.55. The standard InChI is InChI=1S/C18H16ClN5O2S/c19-13-7-5-12(6-8-13)15(25)23-10-2-1-4-14(16(23)26)27-18-21-17-20-9-3-11-24(17)22-18/h3,5-9,11,14H,1-2,4,10H2/t14-/m0/s1. The lowest BCUT2D eigenvalue weighted by atomic mass is 10.2. The van der Waals surface area contributed by atoms with Crippen LogP contribution in [-0.4, -0.2) is 48.1 Å². The second-order valence-corrected chi connectivity index (χ2v) is 7.77. The smallest absolute Gasteiger partial charge is 0.260 e. The number of carbonyl (C=O) groups excluding carboxylic acids is 2. The number of likely N-dealkylation sites (tertiary alicyclic amines) is 1. The van der Waals surface area contributed by atoms with Gasteiger partial charge in [0.2, 0.25) is 11.1 Å². The molecule has 1 saturated heterocycles. The lowest BCUT2D eigenvalue weighted by Crippen LogP contribution is -2.41. The van der Waals surface area contributed by atoms with Crippen molar-refractivity contribution < 1.29 is 9.59 Å². The van der Waals surface area contributed by atoms with Gasteiger partial charge in [-0.3, -0.25) is 14.5 Å². The van der Waals surface area contributed by atoms with E-state index in [2.05, 4.69) is 15.1 Å². The van der Waals surface area contributed by atoms with Crippen molar-refractivity contribution in [2.45, 2.75) is 29.7 Å². The van der Waals surface area contributed by atoms with Gasteiger partial charge >= 0.3 is 0 Å². The van der Waals surface area contributed by atoms with Gasteiger partial charge in [-0.2, -0.15) is 4.98 Å². The van der Waals surface area contributed by atoms with E-state index in [4.69, 9.17) is 11.6 Å². The van der Waals surface area contributed by atoms with Crippen LogP contribution >= 0.6 is 23.4 Å². The Morgan fingerprint density at radius 3 is 2.81 bits per heavy atom. The maximum absolute atomic E-state index is 13.0. The minimum absolute atomic E-state index is 0.204. The number of fused-ring (bicyclic) bond motifs is 1. The van der Waals surface area contributed by atoms with Gasteiger partial charge in [-0.05, 0) is 43.2 Å². The summed E-state index contributed by atoms with van der Waals surface area (Å²) in [5, 5.41) is 4.97. The number of amides is 2. The number of aromatic nitrogens is 4. The first-order valence-electron chi connectivity index (χ1n) is 8.57. The van der Waals surface area contributed by atoms with Crippen molar-refractivity contribution >= 4 is 41.0 Å². The molecule has 138 valence electrons. The van der Waals surface area contributed by atoms with Crippen molar-refractivity contribution in [1.82, 2.24) is 24.5 Å². The van der Waals surface area contributed by atoms with Gasteiger partial charge in [-0.1, -0.05) is 29.8 Å². The summed E-state index contributed by atoms with van der Waals surface area (Å²) in [5.74, 6) is -0.0202. The Hall–Kier alpha value is -2.45. The number of nitrogens with zero attached hydrogens (tertiary/aromatic N) is 5. The maximum atomic E-state index is 13.0. The summed E-state index contributed by atoms with van der Waals surface area (Å²) in [6, 6.07) is 8.34. The fraction of sp³-hybridized carbons (Fsp3) is 0.278. The Labute approximate surface area is 164 Å². The highest BCUT2D eigenvalue weighted by molar-refractivity contribution is 8.00. The van der Waals surface area contributed by atoms with E-state index in [1.807, 2.05) is 0 Å². The van der Waals surface area contributed by atoms with Gasteiger partial charge in [-0.15, -0.1) is 5.10 Å².